The Bertz CT molecular complexity index is 1300. The number of nitrogens with zero attached hydrogens (tertiary/aromatic N) is 1. The number of hydrogen-bond acceptors (Lipinski definition) is 8. The first kappa shape index (κ1) is 32.3. The number of aliphatic hydroxyl groups excluding tert-OH is 2. The summed E-state index contributed by atoms with van der Waals surface area (Å²) >= 11 is 0. The monoisotopic (exact) mass is 579 g/mol. The molecule has 2 heterocycles. The Balaban J connectivity index is 0.000000599. The number of aldehydes is 1. The zero-order valence-corrected chi connectivity index (χ0v) is 22.3. The second-order valence-corrected chi connectivity index (χ2v) is 10.4. The van der Waals surface area contributed by atoms with Gasteiger partial charge in [0.15, 0.2) is 12.2 Å². The zero-order chi connectivity index (χ0) is 29.5. The average molecular weight is 580 g/mol. The third-order valence-electron chi connectivity index (χ3n) is 8.29. The number of halogens is 3. The van der Waals surface area contributed by atoms with Crippen LogP contribution in [-0.4, -0.2) is 70.0 Å². The molecule has 0 unspecified atom stereocenters. The number of likely N-dealkylation sites (N-methyl/N-ethyl adjacent to an activating group) is 1. The summed E-state index contributed by atoms with van der Waals surface area (Å²) in [5.41, 5.74) is 0.873. The van der Waals surface area contributed by atoms with Gasteiger partial charge in [-0.25, -0.2) is 4.79 Å². The van der Waals surface area contributed by atoms with Crippen molar-refractivity contribution in [2.24, 2.45) is 0 Å². The van der Waals surface area contributed by atoms with Gasteiger partial charge >= 0.3 is 12.1 Å². The average Bonchev–Trinajstić information content (AvgIpc) is 3.30. The second-order valence-electron chi connectivity index (χ2n) is 10.4. The number of esters is 1. The molecule has 1 spiro atoms. The normalized spacial score (nSPS) is 27.3. The zero-order valence-electron chi connectivity index (χ0n) is 22.3. The molecule has 1 fully saturated rings. The minimum Gasteiger partial charge on any atom is -0.481 e. The minimum atomic E-state index is -4.64. The predicted molar refractivity (Wildman–Crippen MR) is 144 cm³/mol. The molecule has 224 valence electrons. The first-order valence-corrected chi connectivity index (χ1v) is 12.8. The molecular formula is C30H36F3NO7. The van der Waals surface area contributed by atoms with Crippen molar-refractivity contribution in [2.45, 2.75) is 76.2 Å². The van der Waals surface area contributed by atoms with Gasteiger partial charge in [0.2, 0.25) is 6.29 Å². The smallest absolute Gasteiger partial charge is 0.446 e. The fourth-order valence-corrected chi connectivity index (χ4v) is 6.14. The number of likely N-dealkylation sites (tertiary alicyclic amines) is 1. The third kappa shape index (κ3) is 5.51. The van der Waals surface area contributed by atoms with Crippen LogP contribution in [0.3, 0.4) is 0 Å². The SMILES string of the molecule is C.Cc1ccc(CO)c2c1[C@]13CCN(C)[C@H](C)[C@]1(O)CC=C(OC(=O)[C@@H](O)c1ccccc1)[C@@H]3O2.O=CC(F)(F)F. The summed E-state index contributed by atoms with van der Waals surface area (Å²) in [6.45, 7) is 4.50. The Hall–Kier alpha value is -3.25. The maximum absolute atomic E-state index is 12.9. The molecule has 3 N–H and O–H groups in total. The molecule has 41 heavy (non-hydrogen) atoms. The number of carbonyl (C=O) groups is 2. The maximum atomic E-state index is 12.9. The van der Waals surface area contributed by atoms with Crippen molar-refractivity contribution in [1.29, 1.82) is 0 Å². The van der Waals surface area contributed by atoms with E-state index in [1.54, 1.807) is 30.3 Å². The van der Waals surface area contributed by atoms with Crippen molar-refractivity contribution in [3.63, 3.8) is 0 Å². The topological polar surface area (TPSA) is 117 Å². The van der Waals surface area contributed by atoms with Gasteiger partial charge in [0.05, 0.1) is 17.6 Å². The molecule has 0 saturated carbocycles. The number of carbonyl (C=O) groups excluding carboxylic acids is 2. The molecule has 0 amide bonds. The first-order chi connectivity index (χ1) is 18.8. The highest BCUT2D eigenvalue weighted by Gasteiger charge is 2.69. The first-order valence-electron chi connectivity index (χ1n) is 12.8. The van der Waals surface area contributed by atoms with Crippen LogP contribution in [0.1, 0.15) is 55.5 Å². The summed E-state index contributed by atoms with van der Waals surface area (Å²) < 4.78 is 43.5. The number of piperidine rings is 1. The Kier molecular flexibility index (Phi) is 9.39. The van der Waals surface area contributed by atoms with Gasteiger partial charge in [0.1, 0.15) is 11.5 Å². The summed E-state index contributed by atoms with van der Waals surface area (Å²) in [4.78, 5) is 23.8. The molecule has 3 aliphatic rings. The van der Waals surface area contributed by atoms with E-state index in [2.05, 4.69) is 4.90 Å². The van der Waals surface area contributed by atoms with E-state index in [-0.39, 0.29) is 26.5 Å². The van der Waals surface area contributed by atoms with E-state index in [4.69, 9.17) is 14.3 Å². The van der Waals surface area contributed by atoms with Crippen LogP contribution in [0, 0.1) is 6.92 Å². The number of ether oxygens (including phenoxy) is 2. The number of aryl methyl sites for hydroxylation is 1. The van der Waals surface area contributed by atoms with E-state index in [1.807, 2.05) is 39.1 Å². The molecule has 1 aliphatic carbocycles. The minimum absolute atomic E-state index is 0. The number of alkyl halides is 3. The Morgan fingerprint density at radius 3 is 2.46 bits per heavy atom. The number of fused-ring (bicyclic) bond motifs is 1. The maximum Gasteiger partial charge on any atom is 0.446 e. The van der Waals surface area contributed by atoms with Crippen molar-refractivity contribution in [3.05, 3.63) is 76.6 Å². The Morgan fingerprint density at radius 2 is 1.88 bits per heavy atom. The van der Waals surface area contributed by atoms with E-state index in [1.165, 1.54) is 0 Å². The fourth-order valence-electron chi connectivity index (χ4n) is 6.14. The van der Waals surface area contributed by atoms with Crippen LogP contribution in [0.15, 0.2) is 54.3 Å². The molecule has 5 atom stereocenters. The van der Waals surface area contributed by atoms with Gasteiger partial charge in [-0.3, -0.25) is 4.79 Å². The van der Waals surface area contributed by atoms with Gasteiger partial charge in [-0.2, -0.15) is 13.2 Å². The van der Waals surface area contributed by atoms with Crippen molar-refractivity contribution in [2.75, 3.05) is 13.6 Å². The summed E-state index contributed by atoms with van der Waals surface area (Å²) in [6.07, 6.45) is -5.32. The predicted octanol–water partition coefficient (Wildman–Crippen LogP) is 3.89. The van der Waals surface area contributed by atoms with Crippen LogP contribution in [-0.2, 0) is 26.3 Å². The standard InChI is InChI=1S/C27H31NO6.C2HF3O.CH4/c1-16-9-10-19(15-29)23-21(16)26-13-14-28(3)17(2)27(26,32)12-11-20(24(26)34-23)33-25(31)22(30)18-7-5-4-6-8-18;3-2(4,5)1-6;/h4-11,17,22,24,29-30,32H,12-15H2,1-3H3;1H;1H4/t17-,22+,24+,26+,27-;;/m1../s1. The third-order valence-corrected chi connectivity index (χ3v) is 8.29. The van der Waals surface area contributed by atoms with E-state index >= 15 is 0 Å². The number of aliphatic hydroxyl groups is 3. The number of benzene rings is 2. The molecule has 0 radical (unpaired) electrons. The second kappa shape index (κ2) is 11.9. The van der Waals surface area contributed by atoms with Crippen LogP contribution < -0.4 is 4.74 Å². The van der Waals surface area contributed by atoms with Crippen LogP contribution in [0.4, 0.5) is 13.2 Å². The van der Waals surface area contributed by atoms with Crippen LogP contribution in [0.2, 0.25) is 0 Å². The van der Waals surface area contributed by atoms with Gasteiger partial charge in [-0.15, -0.1) is 0 Å². The van der Waals surface area contributed by atoms with E-state index in [9.17, 15) is 33.3 Å². The summed E-state index contributed by atoms with van der Waals surface area (Å²) in [7, 11) is 1.99. The lowest BCUT2D eigenvalue weighted by molar-refractivity contribution is -0.166. The fraction of sp³-hybridized carbons (Fsp3) is 0.467. The van der Waals surface area contributed by atoms with Gasteiger partial charge < -0.3 is 29.7 Å². The van der Waals surface area contributed by atoms with Crippen LogP contribution >= 0.6 is 0 Å². The molecule has 11 heteroatoms. The highest BCUT2D eigenvalue weighted by atomic mass is 19.4. The van der Waals surface area contributed by atoms with Gasteiger partial charge in [0.25, 0.3) is 0 Å². The lowest BCUT2D eigenvalue weighted by Crippen LogP contribution is -2.71. The number of hydrogen-bond donors (Lipinski definition) is 3. The lowest BCUT2D eigenvalue weighted by Gasteiger charge is -2.58. The van der Waals surface area contributed by atoms with Crippen LogP contribution in [0.5, 0.6) is 5.75 Å². The van der Waals surface area contributed by atoms with Gasteiger partial charge in [-0.05, 0) is 51.1 Å². The molecular weight excluding hydrogens is 543 g/mol. The Labute approximate surface area is 237 Å². The van der Waals surface area contributed by atoms with Crippen molar-refractivity contribution < 1.29 is 47.6 Å². The molecule has 8 nitrogen and oxygen atoms in total. The molecule has 0 aromatic heterocycles. The molecule has 0 bridgehead atoms. The molecule has 2 aromatic rings. The van der Waals surface area contributed by atoms with E-state index in [0.29, 0.717) is 29.1 Å². The van der Waals surface area contributed by atoms with Crippen molar-refractivity contribution in [1.82, 2.24) is 4.90 Å². The van der Waals surface area contributed by atoms with E-state index in [0.717, 1.165) is 17.7 Å². The quantitative estimate of drug-likeness (QED) is 0.369. The summed E-state index contributed by atoms with van der Waals surface area (Å²) in [5.74, 6) is 0.0497. The highest BCUT2D eigenvalue weighted by molar-refractivity contribution is 5.77. The molecule has 2 aliphatic heterocycles. The highest BCUT2D eigenvalue weighted by Crippen LogP contribution is 2.61. The lowest BCUT2D eigenvalue weighted by atomic mass is 9.54. The largest absolute Gasteiger partial charge is 0.481 e. The summed E-state index contributed by atoms with van der Waals surface area (Å²) in [6, 6.07) is 12.2. The van der Waals surface area contributed by atoms with Gasteiger partial charge in [0, 0.05) is 23.6 Å². The van der Waals surface area contributed by atoms with Crippen molar-refractivity contribution >= 4 is 12.3 Å². The molecule has 2 aromatic carbocycles. The van der Waals surface area contributed by atoms with E-state index < -0.39 is 41.7 Å². The van der Waals surface area contributed by atoms with Crippen LogP contribution in [0.25, 0.3) is 0 Å². The summed E-state index contributed by atoms with van der Waals surface area (Å²) in [5, 5.41) is 32.8. The van der Waals surface area contributed by atoms with Crippen molar-refractivity contribution in [3.8, 4) is 5.75 Å². The molecule has 1 saturated heterocycles. The Morgan fingerprint density at radius 1 is 1.24 bits per heavy atom. The van der Waals surface area contributed by atoms with Gasteiger partial charge in [-0.1, -0.05) is 49.9 Å². The number of rotatable bonds is 4. The molecule has 5 rings (SSSR count).